The van der Waals surface area contributed by atoms with Gasteiger partial charge in [0.1, 0.15) is 5.60 Å². The third-order valence-corrected chi connectivity index (χ3v) is 4.28. The van der Waals surface area contributed by atoms with Gasteiger partial charge in [-0.05, 0) is 51.5 Å². The van der Waals surface area contributed by atoms with E-state index in [4.69, 9.17) is 4.74 Å². The average molecular weight is 318 g/mol. The van der Waals surface area contributed by atoms with Crippen LogP contribution in [-0.4, -0.2) is 30.3 Å². The van der Waals surface area contributed by atoms with E-state index in [0.29, 0.717) is 12.0 Å². The molecule has 1 saturated carbocycles. The highest BCUT2D eigenvalue weighted by atomic mass is 16.6. The molecule has 1 atom stereocenters. The van der Waals surface area contributed by atoms with Crippen LogP contribution in [0.25, 0.3) is 0 Å². The molecule has 0 radical (unpaired) electrons. The topological polar surface area (TPSA) is 50.4 Å². The molecule has 0 saturated heterocycles. The summed E-state index contributed by atoms with van der Waals surface area (Å²) < 4.78 is 5.31. The molecule has 1 aliphatic carbocycles. The van der Waals surface area contributed by atoms with Gasteiger partial charge in [-0.3, -0.25) is 0 Å². The molecule has 1 fully saturated rings. The van der Waals surface area contributed by atoms with Crippen LogP contribution in [0.5, 0.6) is 0 Å². The number of nitrogens with one attached hydrogen (secondary N) is 2. The number of hydrogen-bond acceptors (Lipinski definition) is 3. The predicted molar refractivity (Wildman–Crippen MR) is 93.7 cm³/mol. The second kappa shape index (κ2) is 7.82. The highest BCUT2D eigenvalue weighted by Gasteiger charge is 2.30. The van der Waals surface area contributed by atoms with Gasteiger partial charge < -0.3 is 15.4 Å². The predicted octanol–water partition coefficient (Wildman–Crippen LogP) is 3.83. The van der Waals surface area contributed by atoms with Gasteiger partial charge in [-0.1, -0.05) is 37.3 Å². The lowest BCUT2D eigenvalue weighted by atomic mass is 9.76. The van der Waals surface area contributed by atoms with Gasteiger partial charge in [0, 0.05) is 18.6 Å². The first-order valence-electron chi connectivity index (χ1n) is 8.65. The Hall–Kier alpha value is -1.55. The Morgan fingerprint density at radius 2 is 1.91 bits per heavy atom. The fourth-order valence-corrected chi connectivity index (χ4v) is 2.86. The van der Waals surface area contributed by atoms with E-state index in [1.807, 2.05) is 20.8 Å². The van der Waals surface area contributed by atoms with Crippen molar-refractivity contribution in [3.05, 3.63) is 35.9 Å². The number of amides is 1. The van der Waals surface area contributed by atoms with Gasteiger partial charge in [-0.15, -0.1) is 0 Å². The molecule has 0 aliphatic heterocycles. The molecule has 1 amide bonds. The minimum Gasteiger partial charge on any atom is -0.444 e. The van der Waals surface area contributed by atoms with Crippen molar-refractivity contribution in [1.82, 2.24) is 10.6 Å². The molecule has 128 valence electrons. The fraction of sp³-hybridized carbons (Fsp3) is 0.632. The second-order valence-electron chi connectivity index (χ2n) is 7.44. The molecule has 0 spiro atoms. The first-order valence-corrected chi connectivity index (χ1v) is 8.65. The monoisotopic (exact) mass is 318 g/mol. The summed E-state index contributed by atoms with van der Waals surface area (Å²) in [6.07, 6.45) is 2.91. The van der Waals surface area contributed by atoms with Crippen molar-refractivity contribution in [1.29, 1.82) is 0 Å². The highest BCUT2D eigenvalue weighted by molar-refractivity contribution is 5.68. The first kappa shape index (κ1) is 17.8. The summed E-state index contributed by atoms with van der Waals surface area (Å²) in [6, 6.07) is 11.4. The standard InChI is InChI=1S/C19H30N2O2/c1-5-16(21-18(22)23-19(2,3)4)13-20-17-11-15(12-17)14-9-7-6-8-10-14/h6-10,15-17,20H,5,11-13H2,1-4H3,(H,21,22). The van der Waals surface area contributed by atoms with E-state index in [-0.39, 0.29) is 12.1 Å². The van der Waals surface area contributed by atoms with Gasteiger partial charge in [0.2, 0.25) is 0 Å². The van der Waals surface area contributed by atoms with Crippen molar-refractivity contribution in [2.75, 3.05) is 6.54 Å². The number of benzene rings is 1. The van der Waals surface area contributed by atoms with Crippen LogP contribution in [0.3, 0.4) is 0 Å². The Morgan fingerprint density at radius 3 is 2.48 bits per heavy atom. The van der Waals surface area contributed by atoms with Gasteiger partial charge in [0.15, 0.2) is 0 Å². The molecule has 1 unspecified atom stereocenters. The van der Waals surface area contributed by atoms with Crippen molar-refractivity contribution in [3.8, 4) is 0 Å². The Bertz CT molecular complexity index is 490. The summed E-state index contributed by atoms with van der Waals surface area (Å²) in [6.45, 7) is 8.51. The van der Waals surface area contributed by atoms with Crippen LogP contribution in [0.1, 0.15) is 58.4 Å². The van der Waals surface area contributed by atoms with Crippen LogP contribution in [0.15, 0.2) is 30.3 Å². The lowest BCUT2D eigenvalue weighted by Crippen LogP contribution is -2.48. The maximum absolute atomic E-state index is 11.8. The molecular weight excluding hydrogens is 288 g/mol. The molecule has 1 aliphatic rings. The maximum atomic E-state index is 11.8. The quantitative estimate of drug-likeness (QED) is 0.838. The number of carbonyl (C=O) groups excluding carboxylic acids is 1. The molecule has 2 rings (SSSR count). The van der Waals surface area contributed by atoms with Crippen LogP contribution >= 0.6 is 0 Å². The van der Waals surface area contributed by atoms with Crippen molar-refractivity contribution >= 4 is 6.09 Å². The van der Waals surface area contributed by atoms with E-state index in [2.05, 4.69) is 47.9 Å². The highest BCUT2D eigenvalue weighted by Crippen LogP contribution is 2.36. The van der Waals surface area contributed by atoms with Gasteiger partial charge in [0.05, 0.1) is 0 Å². The molecular formula is C19H30N2O2. The lowest BCUT2D eigenvalue weighted by Gasteiger charge is -2.37. The number of ether oxygens (including phenoxy) is 1. The molecule has 23 heavy (non-hydrogen) atoms. The van der Waals surface area contributed by atoms with Crippen LogP contribution < -0.4 is 10.6 Å². The molecule has 2 N–H and O–H groups in total. The molecule has 0 bridgehead atoms. The summed E-state index contributed by atoms with van der Waals surface area (Å²) in [5.74, 6) is 0.674. The Balaban J connectivity index is 1.68. The first-order chi connectivity index (χ1) is 10.9. The second-order valence-corrected chi connectivity index (χ2v) is 7.44. The third-order valence-electron chi connectivity index (χ3n) is 4.28. The van der Waals surface area contributed by atoms with Crippen LogP contribution in [0.4, 0.5) is 4.79 Å². The summed E-state index contributed by atoms with van der Waals surface area (Å²) >= 11 is 0. The minimum absolute atomic E-state index is 0.112. The Labute approximate surface area is 140 Å². The van der Waals surface area contributed by atoms with Gasteiger partial charge in [-0.2, -0.15) is 0 Å². The van der Waals surface area contributed by atoms with Gasteiger partial charge in [0.25, 0.3) is 0 Å². The zero-order chi connectivity index (χ0) is 16.9. The summed E-state index contributed by atoms with van der Waals surface area (Å²) in [5, 5.41) is 6.51. The largest absolute Gasteiger partial charge is 0.444 e. The van der Waals surface area contributed by atoms with Gasteiger partial charge >= 0.3 is 6.09 Å². The van der Waals surface area contributed by atoms with Crippen molar-refractivity contribution in [2.45, 2.75) is 70.6 Å². The number of alkyl carbamates (subject to hydrolysis) is 1. The average Bonchev–Trinajstić information content (AvgIpc) is 2.43. The number of hydrogen-bond donors (Lipinski definition) is 2. The van der Waals surface area contributed by atoms with E-state index in [0.717, 1.165) is 13.0 Å². The summed E-state index contributed by atoms with van der Waals surface area (Å²) in [4.78, 5) is 11.8. The zero-order valence-electron chi connectivity index (χ0n) is 14.8. The van der Waals surface area contributed by atoms with Crippen LogP contribution in [0, 0.1) is 0 Å². The fourth-order valence-electron chi connectivity index (χ4n) is 2.86. The Kier molecular flexibility index (Phi) is 6.05. The van der Waals surface area contributed by atoms with Gasteiger partial charge in [-0.25, -0.2) is 4.79 Å². The zero-order valence-corrected chi connectivity index (χ0v) is 14.8. The van der Waals surface area contributed by atoms with E-state index in [9.17, 15) is 4.79 Å². The molecule has 1 aromatic rings. The van der Waals surface area contributed by atoms with E-state index in [1.165, 1.54) is 18.4 Å². The number of rotatable bonds is 6. The third kappa shape index (κ3) is 5.87. The van der Waals surface area contributed by atoms with Crippen molar-refractivity contribution in [2.24, 2.45) is 0 Å². The molecule has 4 heteroatoms. The van der Waals surface area contributed by atoms with E-state index < -0.39 is 5.60 Å². The van der Waals surface area contributed by atoms with Crippen LogP contribution in [0.2, 0.25) is 0 Å². The summed E-state index contributed by atoms with van der Waals surface area (Å²) in [7, 11) is 0. The van der Waals surface area contributed by atoms with E-state index >= 15 is 0 Å². The SMILES string of the molecule is CCC(CNC1CC(c2ccccc2)C1)NC(=O)OC(C)(C)C. The maximum Gasteiger partial charge on any atom is 0.407 e. The van der Waals surface area contributed by atoms with Crippen molar-refractivity contribution < 1.29 is 9.53 Å². The number of carbonyl (C=O) groups is 1. The summed E-state index contributed by atoms with van der Waals surface area (Å²) in [5.41, 5.74) is 0.983. The molecule has 1 aromatic carbocycles. The van der Waals surface area contributed by atoms with Crippen LogP contribution in [-0.2, 0) is 4.74 Å². The smallest absolute Gasteiger partial charge is 0.407 e. The minimum atomic E-state index is -0.452. The normalized spacial score (nSPS) is 22.1. The molecule has 0 aromatic heterocycles. The molecule has 4 nitrogen and oxygen atoms in total. The molecule has 0 heterocycles. The van der Waals surface area contributed by atoms with E-state index in [1.54, 1.807) is 0 Å². The lowest BCUT2D eigenvalue weighted by molar-refractivity contribution is 0.0500. The Morgan fingerprint density at radius 1 is 1.26 bits per heavy atom. The van der Waals surface area contributed by atoms with Crippen molar-refractivity contribution in [3.63, 3.8) is 0 Å².